The Balaban J connectivity index is 0.000000560. The number of aromatic nitrogens is 2. The highest BCUT2D eigenvalue weighted by atomic mass is 32.3. The molecule has 0 bridgehead atoms. The van der Waals surface area contributed by atoms with Gasteiger partial charge in [0.05, 0.1) is 59.4 Å². The predicted octanol–water partition coefficient (Wildman–Crippen LogP) is -3.35. The second-order valence-corrected chi connectivity index (χ2v) is 17.2. The first-order valence-corrected chi connectivity index (χ1v) is 20.8. The monoisotopic (exact) mass is 972 g/mol. The van der Waals surface area contributed by atoms with E-state index in [2.05, 4.69) is 10.6 Å². The molecule has 2 aromatic carbocycles. The van der Waals surface area contributed by atoms with Crippen LogP contribution in [0.2, 0.25) is 0 Å². The summed E-state index contributed by atoms with van der Waals surface area (Å²) in [7, 11) is -5.17. The Morgan fingerprint density at radius 3 is 1.09 bits per heavy atom. The molecule has 0 spiro atoms. The number of halogens is 4. The quantitative estimate of drug-likeness (QED) is 0.0476. The SMILES string of the molecule is C[C@@H]1CN(c2c(F)c(N)c3c(=O)c(C(=O)O)cn(C4CC4)c3c2F)C[C@H](C)[NH2+]1.C[C@@H]1CN(c2c(F)c(N)c3c(=O)c(C(=O)O)cn(C4CC4)c3c2F)C[C@H](C)[NH2+]1.O.O.O.O.O.O=S(=O)([O-])[O-]. The Kier molecular flexibility index (Phi) is 19.2. The largest absolute Gasteiger partial charge is 0.759 e. The van der Waals surface area contributed by atoms with Gasteiger partial charge in [-0.2, -0.15) is 0 Å². The van der Waals surface area contributed by atoms with E-state index in [0.717, 1.165) is 38.1 Å². The van der Waals surface area contributed by atoms with Crippen molar-refractivity contribution < 1.29 is 92.9 Å². The van der Waals surface area contributed by atoms with Gasteiger partial charge in [-0.1, -0.05) is 0 Å². The number of hydrogen-bond donors (Lipinski definition) is 6. The fourth-order valence-electron chi connectivity index (χ4n) is 8.52. The van der Waals surface area contributed by atoms with Gasteiger partial charge in [0.2, 0.25) is 10.9 Å². The summed E-state index contributed by atoms with van der Waals surface area (Å²) in [5, 5.41) is 22.2. The van der Waals surface area contributed by atoms with Crippen LogP contribution in [0.3, 0.4) is 0 Å². The Bertz CT molecular complexity index is 2510. The normalized spacial score (nSPS) is 20.1. The number of quaternary nitrogens is 2. The molecule has 2 aliphatic heterocycles. The molecule has 4 aromatic rings. The molecular weight excluding hydrogens is 917 g/mol. The van der Waals surface area contributed by atoms with E-state index in [1.165, 1.54) is 9.13 Å². The molecule has 66 heavy (non-hydrogen) atoms. The lowest BCUT2D eigenvalue weighted by molar-refractivity contribution is -0.717. The van der Waals surface area contributed by atoms with E-state index in [-0.39, 0.29) is 86.0 Å². The van der Waals surface area contributed by atoms with Crippen molar-refractivity contribution in [2.24, 2.45) is 0 Å². The number of piperazine rings is 2. The van der Waals surface area contributed by atoms with Gasteiger partial charge < -0.3 is 87.7 Å². The summed E-state index contributed by atoms with van der Waals surface area (Å²) in [6, 6.07) is 0.305. The molecule has 0 unspecified atom stereocenters. The standard InChI is InChI=1S/2C19H22F2N4O3.H2O4S.5H2O/c2*1-8-5-24(6-9(2)23-8)17-13(20)15(22)12-16(14(17)21)25(10-3-4-10)7-11(18(12)26)19(27)28;1-5(2,3)4;;;;;/h2*7-10,23H,3-6,22H2,1-2H3,(H,27,28);(H2,1,2,3,4);5*1H2/t2*8-,9+;;;;;;. The smallest absolute Gasteiger partial charge is 0.341 e. The van der Waals surface area contributed by atoms with Crippen LogP contribution in [-0.2, 0) is 10.4 Å². The fraction of sp³-hybridized carbons (Fsp3) is 0.474. The van der Waals surface area contributed by atoms with E-state index in [4.69, 9.17) is 29.0 Å². The third kappa shape index (κ3) is 11.6. The predicted molar refractivity (Wildman–Crippen MR) is 230 cm³/mol. The average molecular weight is 973 g/mol. The third-order valence-electron chi connectivity index (χ3n) is 11.1. The van der Waals surface area contributed by atoms with Crippen LogP contribution in [0, 0.1) is 23.3 Å². The van der Waals surface area contributed by atoms with Crippen LogP contribution in [0.5, 0.6) is 0 Å². The fourth-order valence-corrected chi connectivity index (χ4v) is 8.52. The van der Waals surface area contributed by atoms with E-state index in [1.807, 2.05) is 27.7 Å². The van der Waals surface area contributed by atoms with Gasteiger partial charge in [-0.3, -0.25) is 18.0 Å². The number of rotatable bonds is 6. The lowest BCUT2D eigenvalue weighted by Gasteiger charge is -2.35. The Morgan fingerprint density at radius 2 is 0.864 bits per heavy atom. The van der Waals surface area contributed by atoms with Crippen molar-refractivity contribution in [1.82, 2.24) is 9.13 Å². The zero-order valence-corrected chi connectivity index (χ0v) is 36.8. The molecule has 0 amide bonds. The van der Waals surface area contributed by atoms with Gasteiger partial charge in [0.15, 0.2) is 23.3 Å². The molecule has 2 saturated carbocycles. The Hall–Kier alpha value is -5.69. The van der Waals surface area contributed by atoms with Crippen LogP contribution in [0.25, 0.3) is 21.8 Å². The van der Waals surface area contributed by atoms with Crippen molar-refractivity contribution in [3.63, 3.8) is 0 Å². The van der Waals surface area contributed by atoms with Gasteiger partial charge in [0.1, 0.15) is 46.7 Å². The first-order valence-electron chi connectivity index (χ1n) is 19.4. The molecule has 23 nitrogen and oxygen atoms in total. The summed E-state index contributed by atoms with van der Waals surface area (Å²) in [5.41, 5.74) is 7.19. The topological polar surface area (TPSA) is 448 Å². The lowest BCUT2D eigenvalue weighted by Crippen LogP contribution is -2.99. The number of nitrogens with zero attached hydrogens (tertiary/aromatic N) is 4. The van der Waals surface area contributed by atoms with E-state index < -0.39 is 89.7 Å². The maximum Gasteiger partial charge on any atom is 0.341 e. The molecule has 4 fully saturated rings. The summed E-state index contributed by atoms with van der Waals surface area (Å²) in [4.78, 5) is 51.5. The lowest BCUT2D eigenvalue weighted by atomic mass is 10.0. The van der Waals surface area contributed by atoms with Crippen LogP contribution in [0.4, 0.5) is 40.3 Å². The molecule has 2 aliphatic carbocycles. The number of anilines is 4. The number of carbonyl (C=O) groups is 2. The number of pyridine rings is 2. The van der Waals surface area contributed by atoms with Gasteiger partial charge in [-0.15, -0.1) is 0 Å². The summed E-state index contributed by atoms with van der Waals surface area (Å²) < 4.78 is 98.6. The molecule has 8 rings (SSSR count). The maximum atomic E-state index is 15.7. The number of hydrogen-bond acceptors (Lipinski definition) is 12. The van der Waals surface area contributed by atoms with Crippen molar-refractivity contribution in [2.75, 3.05) is 47.4 Å². The number of fused-ring (bicyclic) bond motifs is 2. The molecule has 4 heterocycles. The average Bonchev–Trinajstić information content (AvgIpc) is 4.06. The minimum Gasteiger partial charge on any atom is -0.759 e. The van der Waals surface area contributed by atoms with Crippen molar-refractivity contribution >= 4 is 66.9 Å². The van der Waals surface area contributed by atoms with Gasteiger partial charge >= 0.3 is 11.9 Å². The van der Waals surface area contributed by atoms with Crippen LogP contribution >= 0.6 is 0 Å². The summed E-state index contributed by atoms with van der Waals surface area (Å²) in [5.74, 6) is -6.62. The van der Waals surface area contributed by atoms with Crippen LogP contribution in [0.1, 0.15) is 86.2 Å². The van der Waals surface area contributed by atoms with Crippen LogP contribution < -0.4 is 42.8 Å². The Morgan fingerprint density at radius 1 is 0.606 bits per heavy atom. The molecule has 20 N–H and O–H groups in total. The number of benzene rings is 2. The minimum absolute atomic E-state index is 0. The zero-order chi connectivity index (χ0) is 45.2. The number of carboxylic acids is 2. The minimum atomic E-state index is -5.17. The van der Waals surface area contributed by atoms with Crippen molar-refractivity contribution in [1.29, 1.82) is 0 Å². The molecule has 0 radical (unpaired) electrons. The second-order valence-electron chi connectivity index (χ2n) is 16.4. The molecule has 372 valence electrons. The third-order valence-corrected chi connectivity index (χ3v) is 11.1. The number of nitrogens with two attached hydrogens (primary N) is 4. The Labute approximate surface area is 372 Å². The summed E-state index contributed by atoms with van der Waals surface area (Å²) in [6.45, 7) is 9.64. The zero-order valence-electron chi connectivity index (χ0n) is 36.0. The first-order chi connectivity index (χ1) is 28.4. The highest BCUT2D eigenvalue weighted by molar-refractivity contribution is 7.79. The summed E-state index contributed by atoms with van der Waals surface area (Å²) in [6.07, 6.45) is 5.24. The number of aromatic carboxylic acids is 2. The molecule has 4 atom stereocenters. The van der Waals surface area contributed by atoms with E-state index in [0.29, 0.717) is 26.2 Å². The van der Waals surface area contributed by atoms with E-state index >= 15 is 17.6 Å². The molecule has 2 saturated heterocycles. The van der Waals surface area contributed by atoms with Gasteiger partial charge in [-0.25, -0.2) is 27.2 Å². The van der Waals surface area contributed by atoms with Crippen molar-refractivity contribution in [2.45, 2.75) is 89.6 Å². The highest BCUT2D eigenvalue weighted by Gasteiger charge is 2.37. The molecular formula is C38H56F4N8O15S. The van der Waals surface area contributed by atoms with Crippen molar-refractivity contribution in [3.8, 4) is 0 Å². The molecule has 2 aromatic heterocycles. The summed E-state index contributed by atoms with van der Waals surface area (Å²) >= 11 is 0. The van der Waals surface area contributed by atoms with E-state index in [9.17, 15) is 29.4 Å². The van der Waals surface area contributed by atoms with Crippen LogP contribution in [0.15, 0.2) is 22.0 Å². The molecule has 4 aliphatic rings. The van der Waals surface area contributed by atoms with Gasteiger partial charge in [0.25, 0.3) is 0 Å². The van der Waals surface area contributed by atoms with Crippen LogP contribution in [-0.4, -0.2) is 127 Å². The van der Waals surface area contributed by atoms with Gasteiger partial charge in [-0.05, 0) is 53.4 Å². The van der Waals surface area contributed by atoms with E-state index in [1.54, 1.807) is 9.80 Å². The number of carboxylic acid groups (broad SMARTS) is 2. The first kappa shape index (κ1) is 58.3. The van der Waals surface area contributed by atoms with Crippen molar-refractivity contribution in [3.05, 3.63) is 67.2 Å². The van der Waals surface area contributed by atoms with Gasteiger partial charge in [0, 0.05) is 34.9 Å². The molecule has 28 heteroatoms. The number of nitrogen functional groups attached to an aromatic ring is 2. The maximum absolute atomic E-state index is 15.7. The highest BCUT2D eigenvalue weighted by Crippen LogP contribution is 2.43. The second kappa shape index (κ2) is 21.7.